The van der Waals surface area contributed by atoms with E-state index in [0.717, 1.165) is 25.1 Å². The van der Waals surface area contributed by atoms with Crippen molar-refractivity contribution in [3.8, 4) is 0 Å². The molecule has 0 aliphatic rings. The Morgan fingerprint density at radius 3 is 2.68 bits per heavy atom. The largest absolute Gasteiger partial charge is 0.358 e. The van der Waals surface area contributed by atoms with Crippen molar-refractivity contribution in [2.75, 3.05) is 13.1 Å². The lowest BCUT2D eigenvalue weighted by atomic mass is 10.1. The molecule has 0 atom stereocenters. The lowest BCUT2D eigenvalue weighted by molar-refractivity contribution is 0.180. The normalized spacial score (nSPS) is 11.6. The molecule has 2 aromatic carbocycles. The van der Waals surface area contributed by atoms with Crippen LogP contribution in [0, 0.1) is 6.92 Å². The fourth-order valence-electron chi connectivity index (χ4n) is 3.10. The highest BCUT2D eigenvalue weighted by molar-refractivity contribution is 5.84. The fourth-order valence-corrected chi connectivity index (χ4v) is 3.10. The minimum atomic E-state index is 0.455. The molecule has 0 radical (unpaired) electrons. The fraction of sp³-hybridized carbons (Fsp3) is 0.238. The zero-order valence-electron chi connectivity index (χ0n) is 14.5. The molecular formula is C21H25N3O. The molecule has 0 aliphatic heterocycles. The number of aromatic amines is 1. The summed E-state index contributed by atoms with van der Waals surface area (Å²) in [4.78, 5) is 3.46. The van der Waals surface area contributed by atoms with Gasteiger partial charge in [-0.1, -0.05) is 54.6 Å². The molecule has 0 spiro atoms. The third-order valence-electron chi connectivity index (χ3n) is 4.41. The number of nitrogens with one attached hydrogen (secondary N) is 3. The summed E-state index contributed by atoms with van der Waals surface area (Å²) < 4.78 is 0. The maximum absolute atomic E-state index is 8.54. The Morgan fingerprint density at radius 1 is 1.08 bits per heavy atom. The summed E-state index contributed by atoms with van der Waals surface area (Å²) in [6, 6.07) is 16.9. The number of fused-ring (bicyclic) bond motifs is 1. The minimum absolute atomic E-state index is 0.455. The van der Waals surface area contributed by atoms with Gasteiger partial charge in [-0.25, -0.2) is 5.48 Å². The number of hydroxylamine groups is 1. The number of H-pyrrole nitrogens is 1. The molecule has 0 unspecified atom stereocenters. The van der Waals surface area contributed by atoms with Gasteiger partial charge in [0.25, 0.3) is 0 Å². The summed E-state index contributed by atoms with van der Waals surface area (Å²) in [6.07, 6.45) is 4.89. The lowest BCUT2D eigenvalue weighted by Gasteiger charge is -2.06. The number of hydrogen-bond acceptors (Lipinski definition) is 3. The van der Waals surface area contributed by atoms with Crippen LogP contribution in [-0.4, -0.2) is 23.3 Å². The number of benzene rings is 2. The second-order valence-electron chi connectivity index (χ2n) is 6.21. The van der Waals surface area contributed by atoms with Crippen LogP contribution in [0.4, 0.5) is 0 Å². The molecule has 0 saturated heterocycles. The van der Waals surface area contributed by atoms with Gasteiger partial charge in [-0.2, -0.15) is 0 Å². The van der Waals surface area contributed by atoms with Crippen molar-refractivity contribution >= 4 is 17.0 Å². The van der Waals surface area contributed by atoms with E-state index >= 15 is 0 Å². The zero-order valence-corrected chi connectivity index (χ0v) is 14.5. The van der Waals surface area contributed by atoms with Crippen LogP contribution in [0.1, 0.15) is 22.4 Å². The van der Waals surface area contributed by atoms with E-state index in [2.05, 4.69) is 71.2 Å². The van der Waals surface area contributed by atoms with E-state index in [1.165, 1.54) is 27.7 Å². The predicted octanol–water partition coefficient (Wildman–Crippen LogP) is 3.80. The number of hydrogen-bond donors (Lipinski definition) is 4. The molecule has 25 heavy (non-hydrogen) atoms. The van der Waals surface area contributed by atoms with Crippen molar-refractivity contribution in [2.24, 2.45) is 0 Å². The van der Waals surface area contributed by atoms with E-state index in [1.807, 2.05) is 12.2 Å². The third kappa shape index (κ3) is 4.57. The summed E-state index contributed by atoms with van der Waals surface area (Å²) in [6.45, 7) is 4.42. The van der Waals surface area contributed by atoms with Gasteiger partial charge in [-0.3, -0.25) is 0 Å². The summed E-state index contributed by atoms with van der Waals surface area (Å²) in [5, 5.41) is 13.4. The highest BCUT2D eigenvalue weighted by Gasteiger charge is 2.06. The molecule has 0 aliphatic carbocycles. The molecule has 0 saturated carbocycles. The minimum Gasteiger partial charge on any atom is -0.358 e. The molecule has 4 heteroatoms. The number of aryl methyl sites for hydroxylation is 1. The van der Waals surface area contributed by atoms with Gasteiger partial charge < -0.3 is 15.5 Å². The molecule has 1 heterocycles. The molecule has 4 nitrogen and oxygen atoms in total. The molecule has 0 bridgehead atoms. The monoisotopic (exact) mass is 335 g/mol. The average Bonchev–Trinajstić information content (AvgIpc) is 2.95. The van der Waals surface area contributed by atoms with Crippen molar-refractivity contribution in [2.45, 2.75) is 19.9 Å². The van der Waals surface area contributed by atoms with Gasteiger partial charge in [0.15, 0.2) is 0 Å². The Labute approximate surface area is 148 Å². The Balaban J connectivity index is 1.50. The van der Waals surface area contributed by atoms with E-state index < -0.39 is 0 Å². The van der Waals surface area contributed by atoms with E-state index in [4.69, 9.17) is 5.21 Å². The number of aromatic nitrogens is 1. The summed E-state index contributed by atoms with van der Waals surface area (Å²) in [5.74, 6) is 0. The lowest BCUT2D eigenvalue weighted by Crippen LogP contribution is -2.16. The first kappa shape index (κ1) is 17.4. The van der Waals surface area contributed by atoms with E-state index in [-0.39, 0.29) is 0 Å². The van der Waals surface area contributed by atoms with Gasteiger partial charge in [0, 0.05) is 29.7 Å². The highest BCUT2D eigenvalue weighted by atomic mass is 16.5. The molecule has 0 fully saturated rings. The Kier molecular flexibility index (Phi) is 6.01. The smallest absolute Gasteiger partial charge is 0.0458 e. The standard InChI is InChI=1S/C21H25N3O/c1-16-19(20-6-2-3-7-21(20)24-16)12-14-22-15-18-10-8-17(9-11-18)5-4-13-23-25/h2-11,22-25H,12-15H2,1H3/b5-4+. The first-order chi connectivity index (χ1) is 12.3. The molecule has 130 valence electrons. The van der Waals surface area contributed by atoms with Crippen LogP contribution < -0.4 is 10.8 Å². The molecule has 1 aromatic heterocycles. The van der Waals surface area contributed by atoms with Crippen LogP contribution in [0.5, 0.6) is 0 Å². The van der Waals surface area contributed by atoms with Crippen LogP contribution in [0.3, 0.4) is 0 Å². The third-order valence-corrected chi connectivity index (χ3v) is 4.41. The molecule has 4 N–H and O–H groups in total. The molecule has 3 rings (SSSR count). The van der Waals surface area contributed by atoms with Gasteiger partial charge in [0.05, 0.1) is 0 Å². The maximum Gasteiger partial charge on any atom is 0.0458 e. The molecule has 0 amide bonds. The first-order valence-electron chi connectivity index (χ1n) is 8.67. The van der Waals surface area contributed by atoms with Crippen molar-refractivity contribution < 1.29 is 5.21 Å². The summed E-state index contributed by atoms with van der Waals surface area (Å²) in [7, 11) is 0. The van der Waals surface area contributed by atoms with Crippen molar-refractivity contribution in [3.63, 3.8) is 0 Å². The summed E-state index contributed by atoms with van der Waals surface area (Å²) in [5.41, 5.74) is 8.40. The van der Waals surface area contributed by atoms with E-state index in [0.29, 0.717) is 6.54 Å². The first-order valence-corrected chi connectivity index (χ1v) is 8.67. The summed E-state index contributed by atoms with van der Waals surface area (Å²) >= 11 is 0. The number of para-hydroxylation sites is 1. The van der Waals surface area contributed by atoms with Gasteiger partial charge in [-0.15, -0.1) is 0 Å². The van der Waals surface area contributed by atoms with Crippen LogP contribution in [0.15, 0.2) is 54.6 Å². The second-order valence-corrected chi connectivity index (χ2v) is 6.21. The van der Waals surface area contributed by atoms with Gasteiger partial charge in [-0.05, 0) is 42.6 Å². The van der Waals surface area contributed by atoms with E-state index in [1.54, 1.807) is 0 Å². The van der Waals surface area contributed by atoms with Crippen molar-refractivity contribution in [1.29, 1.82) is 0 Å². The highest BCUT2D eigenvalue weighted by Crippen LogP contribution is 2.21. The Bertz CT molecular complexity index is 834. The van der Waals surface area contributed by atoms with Gasteiger partial charge in [0.1, 0.15) is 0 Å². The zero-order chi connectivity index (χ0) is 17.5. The predicted molar refractivity (Wildman–Crippen MR) is 104 cm³/mol. The van der Waals surface area contributed by atoms with Crippen molar-refractivity contribution in [3.05, 3.63) is 77.0 Å². The maximum atomic E-state index is 8.54. The Hall–Kier alpha value is -2.40. The topological polar surface area (TPSA) is 60.1 Å². The molecule has 3 aromatic rings. The van der Waals surface area contributed by atoms with E-state index in [9.17, 15) is 0 Å². The van der Waals surface area contributed by atoms with Crippen LogP contribution in [0.25, 0.3) is 17.0 Å². The van der Waals surface area contributed by atoms with Crippen LogP contribution in [0.2, 0.25) is 0 Å². The quantitative estimate of drug-likeness (QED) is 0.374. The average molecular weight is 335 g/mol. The van der Waals surface area contributed by atoms with Gasteiger partial charge in [0.2, 0.25) is 0 Å². The van der Waals surface area contributed by atoms with Crippen LogP contribution >= 0.6 is 0 Å². The molecular weight excluding hydrogens is 310 g/mol. The number of rotatable bonds is 8. The Morgan fingerprint density at radius 2 is 1.88 bits per heavy atom. The van der Waals surface area contributed by atoms with Crippen LogP contribution in [-0.2, 0) is 13.0 Å². The van der Waals surface area contributed by atoms with Gasteiger partial charge >= 0.3 is 0 Å². The second kappa shape index (κ2) is 8.62. The van der Waals surface area contributed by atoms with Crippen molar-refractivity contribution in [1.82, 2.24) is 15.8 Å². The SMILES string of the molecule is Cc1[nH]c2ccccc2c1CCNCc1ccc(/C=C/CNO)cc1.